The van der Waals surface area contributed by atoms with E-state index in [0.717, 1.165) is 12.8 Å². The maximum Gasteiger partial charge on any atom is 0.255 e. The number of nitrogens with one attached hydrogen (secondary N) is 1. The highest BCUT2D eigenvalue weighted by Gasteiger charge is 2.29. The van der Waals surface area contributed by atoms with Gasteiger partial charge in [-0.05, 0) is 38.8 Å². The normalized spacial score (nSPS) is 17.5. The van der Waals surface area contributed by atoms with Crippen molar-refractivity contribution in [2.75, 3.05) is 12.3 Å². The van der Waals surface area contributed by atoms with Crippen molar-refractivity contribution in [2.24, 2.45) is 0 Å². The van der Waals surface area contributed by atoms with Gasteiger partial charge >= 0.3 is 0 Å². The second-order valence-electron chi connectivity index (χ2n) is 5.73. The van der Waals surface area contributed by atoms with Gasteiger partial charge in [-0.15, -0.1) is 0 Å². The number of hydrogen-bond donors (Lipinski definition) is 2. The lowest BCUT2D eigenvalue weighted by Gasteiger charge is -2.34. The topological polar surface area (TPSA) is 64.3 Å². The first kappa shape index (κ1) is 14.7. The Morgan fingerprint density at radius 2 is 2.05 bits per heavy atom. The molecule has 4 heteroatoms. The number of carbonyl (C=O) groups is 1. The maximum atomic E-state index is 12.5. The molecule has 0 aliphatic heterocycles. The summed E-state index contributed by atoms with van der Waals surface area (Å²) in [5.41, 5.74) is 6.83. The Kier molecular flexibility index (Phi) is 4.53. The number of carbonyl (C=O) groups excluding carboxylic acids is 1. The monoisotopic (exact) mass is 276 g/mol. The van der Waals surface area contributed by atoms with E-state index in [2.05, 4.69) is 12.2 Å². The van der Waals surface area contributed by atoms with Crippen molar-refractivity contribution in [2.45, 2.75) is 51.5 Å². The van der Waals surface area contributed by atoms with Crippen LogP contribution in [0.4, 0.5) is 5.69 Å². The standard InChI is InChI=1S/C16H24N2O2/c1-3-20-14-12(8-7-9-13(14)17)15(19)18-16(2)10-5-4-6-11-16/h7-9H,3-6,10-11,17H2,1-2H3,(H,18,19). The van der Waals surface area contributed by atoms with E-state index in [1.807, 2.05) is 6.92 Å². The molecule has 0 saturated heterocycles. The van der Waals surface area contributed by atoms with Crippen LogP contribution in [-0.4, -0.2) is 18.1 Å². The molecule has 1 aliphatic rings. The second kappa shape index (κ2) is 6.16. The molecule has 2 rings (SSSR count). The number of amides is 1. The molecule has 1 amide bonds. The van der Waals surface area contributed by atoms with Crippen LogP contribution in [-0.2, 0) is 0 Å². The number of benzene rings is 1. The predicted octanol–water partition coefficient (Wildman–Crippen LogP) is 3.12. The van der Waals surface area contributed by atoms with Crippen LogP contribution >= 0.6 is 0 Å². The highest BCUT2D eigenvalue weighted by atomic mass is 16.5. The van der Waals surface area contributed by atoms with Crippen molar-refractivity contribution in [3.05, 3.63) is 23.8 Å². The number of anilines is 1. The largest absolute Gasteiger partial charge is 0.491 e. The zero-order chi connectivity index (χ0) is 14.6. The Morgan fingerprint density at radius 3 is 2.70 bits per heavy atom. The Hall–Kier alpha value is -1.71. The molecule has 0 spiro atoms. The number of nitrogen functional groups attached to an aromatic ring is 1. The van der Waals surface area contributed by atoms with E-state index in [0.29, 0.717) is 23.6 Å². The van der Waals surface area contributed by atoms with Crippen LogP contribution in [0.2, 0.25) is 0 Å². The number of para-hydroxylation sites is 1. The number of rotatable bonds is 4. The predicted molar refractivity (Wildman–Crippen MR) is 81.0 cm³/mol. The maximum absolute atomic E-state index is 12.5. The fraction of sp³-hybridized carbons (Fsp3) is 0.562. The molecule has 1 fully saturated rings. The Balaban J connectivity index is 2.18. The fourth-order valence-corrected chi connectivity index (χ4v) is 2.84. The Bertz CT molecular complexity index is 479. The molecule has 20 heavy (non-hydrogen) atoms. The Labute approximate surface area is 120 Å². The van der Waals surface area contributed by atoms with Gasteiger partial charge in [0.15, 0.2) is 5.75 Å². The first-order valence-corrected chi connectivity index (χ1v) is 7.39. The third-order valence-electron chi connectivity index (χ3n) is 3.95. The van der Waals surface area contributed by atoms with Crippen molar-refractivity contribution < 1.29 is 9.53 Å². The van der Waals surface area contributed by atoms with E-state index >= 15 is 0 Å². The van der Waals surface area contributed by atoms with Gasteiger partial charge in [0.2, 0.25) is 0 Å². The number of hydrogen-bond acceptors (Lipinski definition) is 3. The summed E-state index contributed by atoms with van der Waals surface area (Å²) in [6, 6.07) is 5.31. The van der Waals surface area contributed by atoms with Gasteiger partial charge in [-0.2, -0.15) is 0 Å². The summed E-state index contributed by atoms with van der Waals surface area (Å²) < 4.78 is 5.53. The zero-order valence-corrected chi connectivity index (χ0v) is 12.4. The molecule has 4 nitrogen and oxygen atoms in total. The van der Waals surface area contributed by atoms with Gasteiger partial charge < -0.3 is 15.8 Å². The van der Waals surface area contributed by atoms with Crippen LogP contribution in [0.1, 0.15) is 56.3 Å². The molecule has 0 heterocycles. The molecule has 0 radical (unpaired) electrons. The lowest BCUT2D eigenvalue weighted by molar-refractivity contribution is 0.0879. The summed E-state index contributed by atoms with van der Waals surface area (Å²) in [7, 11) is 0. The molecule has 0 aromatic heterocycles. The smallest absolute Gasteiger partial charge is 0.255 e. The molecule has 0 unspecified atom stereocenters. The van der Waals surface area contributed by atoms with E-state index in [1.54, 1.807) is 18.2 Å². The van der Waals surface area contributed by atoms with Crippen LogP contribution in [0.3, 0.4) is 0 Å². The van der Waals surface area contributed by atoms with Gasteiger partial charge in [-0.25, -0.2) is 0 Å². The van der Waals surface area contributed by atoms with Crippen LogP contribution in [0.5, 0.6) is 5.75 Å². The van der Waals surface area contributed by atoms with Gasteiger partial charge in [-0.1, -0.05) is 25.3 Å². The minimum atomic E-state index is -0.108. The summed E-state index contributed by atoms with van der Waals surface area (Å²) in [4.78, 5) is 12.5. The average molecular weight is 276 g/mol. The molecular weight excluding hydrogens is 252 g/mol. The average Bonchev–Trinajstić information content (AvgIpc) is 2.41. The van der Waals surface area contributed by atoms with Crippen molar-refractivity contribution in [3.8, 4) is 5.75 Å². The molecule has 1 aromatic carbocycles. The first-order valence-electron chi connectivity index (χ1n) is 7.39. The molecule has 1 aliphatic carbocycles. The molecule has 1 saturated carbocycles. The molecule has 0 bridgehead atoms. The fourth-order valence-electron chi connectivity index (χ4n) is 2.84. The molecule has 3 N–H and O–H groups in total. The molecule has 110 valence electrons. The highest BCUT2D eigenvalue weighted by molar-refractivity contribution is 5.99. The Morgan fingerprint density at radius 1 is 1.35 bits per heavy atom. The third-order valence-corrected chi connectivity index (χ3v) is 3.95. The second-order valence-corrected chi connectivity index (χ2v) is 5.73. The molecule has 0 atom stereocenters. The van der Waals surface area contributed by atoms with Crippen LogP contribution in [0.15, 0.2) is 18.2 Å². The van der Waals surface area contributed by atoms with Crippen molar-refractivity contribution in [1.82, 2.24) is 5.32 Å². The van der Waals surface area contributed by atoms with Gasteiger partial charge in [0.25, 0.3) is 5.91 Å². The van der Waals surface area contributed by atoms with E-state index < -0.39 is 0 Å². The van der Waals surface area contributed by atoms with E-state index in [1.165, 1.54) is 19.3 Å². The lowest BCUT2D eigenvalue weighted by atomic mass is 9.83. The summed E-state index contributed by atoms with van der Waals surface area (Å²) in [6.45, 7) is 4.50. The van der Waals surface area contributed by atoms with Crippen LogP contribution in [0.25, 0.3) is 0 Å². The third kappa shape index (κ3) is 3.24. The van der Waals surface area contributed by atoms with Crippen LogP contribution < -0.4 is 15.8 Å². The number of nitrogens with two attached hydrogens (primary N) is 1. The highest BCUT2D eigenvalue weighted by Crippen LogP contribution is 2.30. The van der Waals surface area contributed by atoms with Crippen molar-refractivity contribution >= 4 is 11.6 Å². The van der Waals surface area contributed by atoms with E-state index in [9.17, 15) is 4.79 Å². The first-order chi connectivity index (χ1) is 9.56. The van der Waals surface area contributed by atoms with Gasteiger partial charge in [-0.3, -0.25) is 4.79 Å². The van der Waals surface area contributed by atoms with Gasteiger partial charge in [0.1, 0.15) is 0 Å². The lowest BCUT2D eigenvalue weighted by Crippen LogP contribution is -2.47. The summed E-state index contributed by atoms with van der Waals surface area (Å²) in [5.74, 6) is 0.400. The van der Waals surface area contributed by atoms with Gasteiger partial charge in [0, 0.05) is 5.54 Å². The van der Waals surface area contributed by atoms with Gasteiger partial charge in [0.05, 0.1) is 17.9 Å². The quantitative estimate of drug-likeness (QED) is 0.830. The molecular formula is C16H24N2O2. The van der Waals surface area contributed by atoms with E-state index in [-0.39, 0.29) is 11.4 Å². The SMILES string of the molecule is CCOc1c(N)cccc1C(=O)NC1(C)CCCCC1. The van der Waals surface area contributed by atoms with E-state index in [4.69, 9.17) is 10.5 Å². The molecule has 1 aromatic rings. The number of ether oxygens (including phenoxy) is 1. The minimum Gasteiger partial charge on any atom is -0.491 e. The van der Waals surface area contributed by atoms with Crippen molar-refractivity contribution in [1.29, 1.82) is 0 Å². The van der Waals surface area contributed by atoms with Crippen molar-refractivity contribution in [3.63, 3.8) is 0 Å². The summed E-state index contributed by atoms with van der Waals surface area (Å²) in [6.07, 6.45) is 5.67. The minimum absolute atomic E-state index is 0.0925. The van der Waals surface area contributed by atoms with Crippen LogP contribution in [0, 0.1) is 0 Å². The summed E-state index contributed by atoms with van der Waals surface area (Å²) in [5, 5.41) is 3.16. The summed E-state index contributed by atoms with van der Waals surface area (Å²) >= 11 is 0. The zero-order valence-electron chi connectivity index (χ0n) is 12.4.